The molecule has 26 heavy (non-hydrogen) atoms. The lowest BCUT2D eigenvalue weighted by Crippen LogP contribution is -2.36. The molecule has 1 aliphatic rings. The van der Waals surface area contributed by atoms with Gasteiger partial charge < -0.3 is 19.4 Å². The maximum atomic E-state index is 13.2. The maximum absolute atomic E-state index is 13.2. The molecule has 2 aromatic carbocycles. The zero-order valence-electron chi connectivity index (χ0n) is 14.6. The highest BCUT2D eigenvalue weighted by Crippen LogP contribution is 2.33. The zero-order valence-corrected chi connectivity index (χ0v) is 15.4. The summed E-state index contributed by atoms with van der Waals surface area (Å²) in [5.41, 5.74) is 3.78. The van der Waals surface area contributed by atoms with Crippen LogP contribution in [0.3, 0.4) is 0 Å². The number of methoxy groups -OCH3 is 2. The van der Waals surface area contributed by atoms with Crippen molar-refractivity contribution in [2.45, 2.75) is 13.0 Å². The number of nitrogens with one attached hydrogen (secondary N) is 1. The average Bonchev–Trinajstić information content (AvgIpc) is 3.03. The van der Waals surface area contributed by atoms with Gasteiger partial charge >= 0.3 is 0 Å². The van der Waals surface area contributed by atoms with E-state index in [9.17, 15) is 4.79 Å². The van der Waals surface area contributed by atoms with E-state index in [-0.39, 0.29) is 5.91 Å². The summed E-state index contributed by atoms with van der Waals surface area (Å²) in [5.74, 6) is 0.949. The van der Waals surface area contributed by atoms with Gasteiger partial charge in [-0.3, -0.25) is 4.79 Å². The molecule has 0 unspecified atom stereocenters. The molecule has 5 nitrogen and oxygen atoms in total. The van der Waals surface area contributed by atoms with Crippen LogP contribution in [0.4, 0.5) is 0 Å². The standard InChI is InChI=1S/C20H19ClN2O3/c1-25-17-4-3-5-18(26-2)19(17)20(24)23-9-8-15-14(11-23)13-7-6-12(21)10-16(13)22-15/h3-7,10,22H,8-9,11H2,1-2H3. The molecule has 1 aromatic heterocycles. The fraction of sp³-hybridized carbons (Fsp3) is 0.250. The SMILES string of the molecule is COc1cccc(OC)c1C(=O)N1CCc2[nH]c3cc(Cl)ccc3c2C1. The van der Waals surface area contributed by atoms with Gasteiger partial charge in [0.15, 0.2) is 0 Å². The zero-order chi connectivity index (χ0) is 18.3. The van der Waals surface area contributed by atoms with Crippen molar-refractivity contribution < 1.29 is 14.3 Å². The number of aromatic nitrogens is 1. The largest absolute Gasteiger partial charge is 0.496 e. The normalized spacial score (nSPS) is 13.6. The summed E-state index contributed by atoms with van der Waals surface area (Å²) in [6.45, 7) is 1.17. The minimum Gasteiger partial charge on any atom is -0.496 e. The number of hydrogen-bond acceptors (Lipinski definition) is 3. The summed E-state index contributed by atoms with van der Waals surface area (Å²) in [7, 11) is 3.12. The van der Waals surface area contributed by atoms with Crippen molar-refractivity contribution in [3.63, 3.8) is 0 Å². The summed E-state index contributed by atoms with van der Waals surface area (Å²) in [6, 6.07) is 11.2. The molecule has 6 heteroatoms. The molecule has 0 fully saturated rings. The number of hydrogen-bond donors (Lipinski definition) is 1. The molecule has 0 radical (unpaired) electrons. The highest BCUT2D eigenvalue weighted by Gasteiger charge is 2.28. The number of H-pyrrole nitrogens is 1. The Morgan fingerprint density at radius 2 is 1.88 bits per heavy atom. The summed E-state index contributed by atoms with van der Waals surface area (Å²) in [6.07, 6.45) is 0.769. The molecular formula is C20H19ClN2O3. The van der Waals surface area contributed by atoms with Gasteiger partial charge in [-0.1, -0.05) is 23.7 Å². The van der Waals surface area contributed by atoms with Gasteiger partial charge in [-0.2, -0.15) is 0 Å². The number of halogens is 1. The lowest BCUT2D eigenvalue weighted by Gasteiger charge is -2.28. The van der Waals surface area contributed by atoms with E-state index >= 15 is 0 Å². The molecule has 2 heterocycles. The number of benzene rings is 2. The second-order valence-electron chi connectivity index (χ2n) is 6.29. The fourth-order valence-corrected chi connectivity index (χ4v) is 3.76. The highest BCUT2D eigenvalue weighted by atomic mass is 35.5. The number of fused-ring (bicyclic) bond motifs is 3. The van der Waals surface area contributed by atoms with Crippen LogP contribution in [0, 0.1) is 0 Å². The molecule has 3 aromatic rings. The number of rotatable bonds is 3. The van der Waals surface area contributed by atoms with Crippen LogP contribution in [0.15, 0.2) is 36.4 Å². The first kappa shape index (κ1) is 16.8. The third kappa shape index (κ3) is 2.69. The molecule has 0 saturated heterocycles. The first-order chi connectivity index (χ1) is 12.6. The Hall–Kier alpha value is -2.66. The van der Waals surface area contributed by atoms with Gasteiger partial charge in [0.05, 0.1) is 14.2 Å². The average molecular weight is 371 g/mol. The first-order valence-corrected chi connectivity index (χ1v) is 8.79. The van der Waals surface area contributed by atoms with Crippen molar-refractivity contribution in [2.75, 3.05) is 20.8 Å². The summed E-state index contributed by atoms with van der Waals surface area (Å²) < 4.78 is 10.8. The Morgan fingerprint density at radius 1 is 1.15 bits per heavy atom. The van der Waals surface area contributed by atoms with E-state index in [1.165, 1.54) is 5.69 Å². The lowest BCUT2D eigenvalue weighted by molar-refractivity contribution is 0.0728. The molecule has 0 atom stereocenters. The van der Waals surface area contributed by atoms with Crippen LogP contribution in [0.1, 0.15) is 21.6 Å². The summed E-state index contributed by atoms with van der Waals surface area (Å²) in [4.78, 5) is 18.5. The van der Waals surface area contributed by atoms with Crippen LogP contribution in [-0.2, 0) is 13.0 Å². The van der Waals surface area contributed by atoms with Crippen LogP contribution >= 0.6 is 11.6 Å². The van der Waals surface area contributed by atoms with Gasteiger partial charge in [-0.25, -0.2) is 0 Å². The maximum Gasteiger partial charge on any atom is 0.261 e. The molecule has 0 aliphatic carbocycles. The van der Waals surface area contributed by atoms with Crippen molar-refractivity contribution in [2.24, 2.45) is 0 Å². The van der Waals surface area contributed by atoms with E-state index in [0.717, 1.165) is 22.9 Å². The van der Waals surface area contributed by atoms with Crippen LogP contribution in [0.5, 0.6) is 11.5 Å². The molecule has 1 aliphatic heterocycles. The molecule has 134 valence electrons. The molecular weight excluding hydrogens is 352 g/mol. The Bertz CT molecular complexity index is 974. The Balaban J connectivity index is 1.71. The predicted molar refractivity (Wildman–Crippen MR) is 101 cm³/mol. The van der Waals surface area contributed by atoms with Crippen molar-refractivity contribution in [1.82, 2.24) is 9.88 Å². The number of carbonyl (C=O) groups excluding carboxylic acids is 1. The topological polar surface area (TPSA) is 54.6 Å². The second kappa shape index (κ2) is 6.57. The minimum absolute atomic E-state index is 0.0896. The van der Waals surface area contributed by atoms with E-state index < -0.39 is 0 Å². The Kier molecular flexibility index (Phi) is 4.24. The van der Waals surface area contributed by atoms with Crippen LogP contribution < -0.4 is 9.47 Å². The summed E-state index contributed by atoms with van der Waals surface area (Å²) in [5, 5.41) is 1.80. The number of carbonyl (C=O) groups is 1. The van der Waals surface area contributed by atoms with Gasteiger partial charge in [0.1, 0.15) is 17.1 Å². The molecule has 1 amide bonds. The Labute approximate surface area is 156 Å². The molecule has 0 bridgehead atoms. The predicted octanol–water partition coefficient (Wildman–Crippen LogP) is 4.04. The van der Waals surface area contributed by atoms with E-state index in [4.69, 9.17) is 21.1 Å². The number of aromatic amines is 1. The van der Waals surface area contributed by atoms with Crippen LogP contribution in [-0.4, -0.2) is 36.6 Å². The third-order valence-electron chi connectivity index (χ3n) is 4.87. The van der Waals surface area contributed by atoms with Crippen molar-refractivity contribution in [1.29, 1.82) is 0 Å². The second-order valence-corrected chi connectivity index (χ2v) is 6.72. The molecule has 0 spiro atoms. The van der Waals surface area contributed by atoms with Crippen molar-refractivity contribution in [3.8, 4) is 11.5 Å². The van der Waals surface area contributed by atoms with Gasteiger partial charge in [0.2, 0.25) is 0 Å². The first-order valence-electron chi connectivity index (χ1n) is 8.41. The van der Waals surface area contributed by atoms with E-state index in [1.54, 1.807) is 26.4 Å². The fourth-order valence-electron chi connectivity index (χ4n) is 3.59. The monoisotopic (exact) mass is 370 g/mol. The van der Waals surface area contributed by atoms with E-state index in [1.807, 2.05) is 29.2 Å². The molecule has 4 rings (SSSR count). The Morgan fingerprint density at radius 3 is 2.58 bits per heavy atom. The van der Waals surface area contributed by atoms with Gasteiger partial charge in [-0.05, 0) is 24.3 Å². The van der Waals surface area contributed by atoms with Crippen molar-refractivity contribution in [3.05, 3.63) is 58.2 Å². The van der Waals surface area contributed by atoms with E-state index in [0.29, 0.717) is 35.2 Å². The van der Waals surface area contributed by atoms with Gasteiger partial charge in [0.25, 0.3) is 5.91 Å². The van der Waals surface area contributed by atoms with Gasteiger partial charge in [0, 0.05) is 46.7 Å². The van der Waals surface area contributed by atoms with Crippen LogP contribution in [0.2, 0.25) is 5.02 Å². The van der Waals surface area contributed by atoms with Crippen molar-refractivity contribution >= 4 is 28.4 Å². The number of amides is 1. The number of ether oxygens (including phenoxy) is 2. The summed E-state index contributed by atoms with van der Waals surface area (Å²) >= 11 is 6.10. The van der Waals surface area contributed by atoms with Crippen LogP contribution in [0.25, 0.3) is 10.9 Å². The molecule has 0 saturated carbocycles. The minimum atomic E-state index is -0.0896. The van der Waals surface area contributed by atoms with E-state index in [2.05, 4.69) is 4.98 Å². The molecule has 1 N–H and O–H groups in total. The third-order valence-corrected chi connectivity index (χ3v) is 5.10. The highest BCUT2D eigenvalue weighted by molar-refractivity contribution is 6.31. The quantitative estimate of drug-likeness (QED) is 0.757. The van der Waals surface area contributed by atoms with Gasteiger partial charge in [-0.15, -0.1) is 0 Å². The lowest BCUT2D eigenvalue weighted by atomic mass is 10.0. The smallest absolute Gasteiger partial charge is 0.261 e. The number of nitrogens with zero attached hydrogens (tertiary/aromatic N) is 1.